The van der Waals surface area contributed by atoms with E-state index in [1.807, 2.05) is 36.9 Å². The SMILES string of the molecule is CCNC(=NCc1ccc(OC)c(NC(C)=O)c1)NCCCCSC.I. The first-order chi connectivity index (χ1) is 12.1. The molecule has 0 atom stereocenters. The van der Waals surface area contributed by atoms with Crippen LogP contribution in [0.4, 0.5) is 5.69 Å². The molecule has 0 saturated carbocycles. The Kier molecular flexibility index (Phi) is 14.3. The molecule has 0 aliphatic heterocycles. The third kappa shape index (κ3) is 10.1. The van der Waals surface area contributed by atoms with Crippen molar-refractivity contribution in [3.05, 3.63) is 23.8 Å². The van der Waals surface area contributed by atoms with Crippen molar-refractivity contribution in [3.8, 4) is 5.75 Å². The van der Waals surface area contributed by atoms with Crippen LogP contribution in [-0.2, 0) is 11.3 Å². The van der Waals surface area contributed by atoms with Gasteiger partial charge >= 0.3 is 0 Å². The molecular formula is C18H31IN4O2S. The number of carbonyl (C=O) groups excluding carboxylic acids is 1. The number of halogens is 1. The molecule has 0 aliphatic carbocycles. The zero-order valence-corrected chi connectivity index (χ0v) is 19.2. The van der Waals surface area contributed by atoms with Crippen LogP contribution < -0.4 is 20.7 Å². The van der Waals surface area contributed by atoms with Crippen LogP contribution in [0.1, 0.15) is 32.3 Å². The van der Waals surface area contributed by atoms with Crippen LogP contribution >= 0.6 is 35.7 Å². The normalized spacial score (nSPS) is 10.7. The molecule has 0 heterocycles. The summed E-state index contributed by atoms with van der Waals surface area (Å²) in [4.78, 5) is 15.9. The van der Waals surface area contributed by atoms with Gasteiger partial charge in [-0.25, -0.2) is 4.99 Å². The molecule has 26 heavy (non-hydrogen) atoms. The highest BCUT2D eigenvalue weighted by molar-refractivity contribution is 14.0. The number of unbranched alkanes of at least 4 members (excludes halogenated alkanes) is 1. The largest absolute Gasteiger partial charge is 0.495 e. The molecular weight excluding hydrogens is 463 g/mol. The Morgan fingerprint density at radius 2 is 2.04 bits per heavy atom. The van der Waals surface area contributed by atoms with Crippen molar-refractivity contribution in [2.24, 2.45) is 4.99 Å². The van der Waals surface area contributed by atoms with Gasteiger partial charge < -0.3 is 20.7 Å². The number of nitrogens with zero attached hydrogens (tertiary/aromatic N) is 1. The van der Waals surface area contributed by atoms with E-state index in [0.717, 1.165) is 31.0 Å². The zero-order chi connectivity index (χ0) is 18.5. The van der Waals surface area contributed by atoms with E-state index in [-0.39, 0.29) is 29.9 Å². The number of benzene rings is 1. The van der Waals surface area contributed by atoms with E-state index in [0.29, 0.717) is 18.0 Å². The fourth-order valence-corrected chi connectivity index (χ4v) is 2.72. The maximum absolute atomic E-state index is 11.3. The number of anilines is 1. The van der Waals surface area contributed by atoms with Crippen molar-refractivity contribution >= 4 is 53.3 Å². The molecule has 1 aromatic carbocycles. The summed E-state index contributed by atoms with van der Waals surface area (Å²) in [7, 11) is 1.59. The van der Waals surface area contributed by atoms with E-state index in [9.17, 15) is 4.79 Å². The maximum atomic E-state index is 11.3. The topological polar surface area (TPSA) is 74.8 Å². The molecule has 0 saturated heterocycles. The van der Waals surface area contributed by atoms with E-state index in [4.69, 9.17) is 4.74 Å². The minimum absolute atomic E-state index is 0. The van der Waals surface area contributed by atoms with E-state index >= 15 is 0 Å². The fourth-order valence-electron chi connectivity index (χ4n) is 2.23. The highest BCUT2D eigenvalue weighted by Gasteiger charge is 2.06. The first kappa shape index (κ1) is 24.8. The third-order valence-corrected chi connectivity index (χ3v) is 4.10. The molecule has 0 bridgehead atoms. The Bertz CT molecular complexity index is 570. The van der Waals surface area contributed by atoms with Gasteiger partial charge in [0.15, 0.2) is 5.96 Å². The van der Waals surface area contributed by atoms with Gasteiger partial charge in [-0.2, -0.15) is 11.8 Å². The molecule has 6 nitrogen and oxygen atoms in total. The summed E-state index contributed by atoms with van der Waals surface area (Å²) in [5, 5.41) is 9.39. The van der Waals surface area contributed by atoms with Crippen molar-refractivity contribution in [1.29, 1.82) is 0 Å². The average Bonchev–Trinajstić information content (AvgIpc) is 2.59. The number of hydrogen-bond acceptors (Lipinski definition) is 4. The minimum Gasteiger partial charge on any atom is -0.495 e. The Morgan fingerprint density at radius 3 is 2.65 bits per heavy atom. The predicted octanol–water partition coefficient (Wildman–Crippen LogP) is 3.47. The predicted molar refractivity (Wildman–Crippen MR) is 123 cm³/mol. The molecule has 0 aliphatic rings. The first-order valence-corrected chi connectivity index (χ1v) is 9.95. The molecule has 1 amide bonds. The van der Waals surface area contributed by atoms with Gasteiger partial charge in [0.1, 0.15) is 5.75 Å². The lowest BCUT2D eigenvalue weighted by molar-refractivity contribution is -0.114. The molecule has 1 rings (SSSR count). The molecule has 8 heteroatoms. The number of ether oxygens (including phenoxy) is 1. The maximum Gasteiger partial charge on any atom is 0.221 e. The van der Waals surface area contributed by atoms with E-state index in [1.54, 1.807) is 7.11 Å². The number of amides is 1. The van der Waals surface area contributed by atoms with Gasteiger partial charge in [0.2, 0.25) is 5.91 Å². The second-order valence-corrected chi connectivity index (χ2v) is 6.52. The van der Waals surface area contributed by atoms with Crippen molar-refractivity contribution in [3.63, 3.8) is 0 Å². The quantitative estimate of drug-likeness (QED) is 0.201. The lowest BCUT2D eigenvalue weighted by atomic mass is 10.2. The summed E-state index contributed by atoms with van der Waals surface area (Å²) in [6, 6.07) is 5.69. The van der Waals surface area contributed by atoms with Gasteiger partial charge in [-0.05, 0) is 49.5 Å². The standard InChI is InChI=1S/C18H30N4O2S.HI/c1-5-19-18(20-10-6-7-11-25-4)21-13-15-8-9-17(24-3)16(12-15)22-14(2)23;/h8-9,12H,5-7,10-11,13H2,1-4H3,(H,22,23)(H2,19,20,21);1H. The Morgan fingerprint density at radius 1 is 1.27 bits per heavy atom. The average molecular weight is 494 g/mol. The highest BCUT2D eigenvalue weighted by Crippen LogP contribution is 2.25. The zero-order valence-electron chi connectivity index (χ0n) is 16.1. The van der Waals surface area contributed by atoms with Gasteiger partial charge in [-0.1, -0.05) is 6.07 Å². The van der Waals surface area contributed by atoms with Crippen LogP contribution in [0.25, 0.3) is 0 Å². The van der Waals surface area contributed by atoms with Gasteiger partial charge in [-0.3, -0.25) is 4.79 Å². The monoisotopic (exact) mass is 494 g/mol. The molecule has 0 fully saturated rings. The number of rotatable bonds is 10. The number of aliphatic imine (C=N–C) groups is 1. The van der Waals surface area contributed by atoms with Crippen LogP contribution in [0.15, 0.2) is 23.2 Å². The van der Waals surface area contributed by atoms with Crippen LogP contribution in [0, 0.1) is 0 Å². The first-order valence-electron chi connectivity index (χ1n) is 8.56. The number of carbonyl (C=O) groups is 1. The minimum atomic E-state index is -0.126. The summed E-state index contributed by atoms with van der Waals surface area (Å²) < 4.78 is 5.27. The summed E-state index contributed by atoms with van der Waals surface area (Å²) in [5.74, 6) is 2.51. The van der Waals surface area contributed by atoms with E-state index in [2.05, 4.69) is 27.2 Å². The van der Waals surface area contributed by atoms with Gasteiger partial charge in [-0.15, -0.1) is 24.0 Å². The lowest BCUT2D eigenvalue weighted by Gasteiger charge is -2.12. The number of methoxy groups -OCH3 is 1. The van der Waals surface area contributed by atoms with E-state index < -0.39 is 0 Å². The van der Waals surface area contributed by atoms with Gasteiger partial charge in [0.25, 0.3) is 0 Å². The van der Waals surface area contributed by atoms with Crippen LogP contribution in [0.2, 0.25) is 0 Å². The van der Waals surface area contributed by atoms with Crippen LogP contribution in [0.5, 0.6) is 5.75 Å². The molecule has 3 N–H and O–H groups in total. The lowest BCUT2D eigenvalue weighted by Crippen LogP contribution is -2.37. The van der Waals surface area contributed by atoms with Crippen molar-refractivity contribution in [1.82, 2.24) is 10.6 Å². The molecule has 0 unspecified atom stereocenters. The molecule has 0 aromatic heterocycles. The Hall–Kier alpha value is -1.16. The number of hydrogen-bond donors (Lipinski definition) is 3. The number of nitrogens with one attached hydrogen (secondary N) is 3. The number of thioether (sulfide) groups is 1. The number of guanidine groups is 1. The summed E-state index contributed by atoms with van der Waals surface area (Å²) in [6.07, 6.45) is 4.45. The Labute approximate surface area is 178 Å². The van der Waals surface area contributed by atoms with Crippen molar-refractivity contribution in [2.75, 3.05) is 37.5 Å². The second kappa shape index (κ2) is 15.0. The molecule has 0 radical (unpaired) electrons. The third-order valence-electron chi connectivity index (χ3n) is 3.41. The second-order valence-electron chi connectivity index (χ2n) is 5.54. The van der Waals surface area contributed by atoms with E-state index in [1.165, 1.54) is 19.1 Å². The summed E-state index contributed by atoms with van der Waals surface area (Å²) >= 11 is 1.87. The molecule has 0 spiro atoms. The highest BCUT2D eigenvalue weighted by atomic mass is 127. The summed E-state index contributed by atoms with van der Waals surface area (Å²) in [5.41, 5.74) is 1.67. The van der Waals surface area contributed by atoms with Gasteiger partial charge in [0.05, 0.1) is 19.3 Å². The van der Waals surface area contributed by atoms with Crippen molar-refractivity contribution in [2.45, 2.75) is 33.2 Å². The van der Waals surface area contributed by atoms with Crippen LogP contribution in [0.3, 0.4) is 0 Å². The fraction of sp³-hybridized carbons (Fsp3) is 0.556. The smallest absolute Gasteiger partial charge is 0.221 e. The van der Waals surface area contributed by atoms with Crippen molar-refractivity contribution < 1.29 is 9.53 Å². The molecule has 148 valence electrons. The van der Waals surface area contributed by atoms with Gasteiger partial charge in [0, 0.05) is 20.0 Å². The Balaban J connectivity index is 0.00000625. The molecule has 1 aromatic rings. The summed E-state index contributed by atoms with van der Waals surface area (Å²) in [6.45, 7) is 5.78. The van der Waals surface area contributed by atoms with Crippen LogP contribution in [-0.4, -0.2) is 44.1 Å².